The third-order valence-electron chi connectivity index (χ3n) is 3.17. The summed E-state index contributed by atoms with van der Waals surface area (Å²) in [6.07, 6.45) is 5.12. The summed E-state index contributed by atoms with van der Waals surface area (Å²) in [4.78, 5) is 0. The zero-order chi connectivity index (χ0) is 12.3. The van der Waals surface area contributed by atoms with Crippen LogP contribution in [0.2, 0.25) is 0 Å². The molecule has 0 atom stereocenters. The van der Waals surface area contributed by atoms with Gasteiger partial charge in [0.25, 0.3) is 0 Å². The van der Waals surface area contributed by atoms with Crippen LogP contribution in [0.25, 0.3) is 0 Å². The first-order valence-electron chi connectivity index (χ1n) is 5.89. The number of hydrogen-bond donors (Lipinski definition) is 1. The van der Waals surface area contributed by atoms with Crippen molar-refractivity contribution in [3.8, 4) is 5.75 Å². The second kappa shape index (κ2) is 5.72. The summed E-state index contributed by atoms with van der Waals surface area (Å²) in [6, 6.07) is 5.78. The quantitative estimate of drug-likeness (QED) is 0.868. The second-order valence-electron chi connectivity index (χ2n) is 4.65. The third-order valence-corrected chi connectivity index (χ3v) is 4.29. The summed E-state index contributed by atoms with van der Waals surface area (Å²) < 4.78 is 7.63. The first kappa shape index (κ1) is 13.4. The van der Waals surface area contributed by atoms with Gasteiger partial charge in [-0.15, -0.1) is 0 Å². The molecule has 0 unspecified atom stereocenters. The minimum Gasteiger partial charge on any atom is -0.489 e. The van der Waals surface area contributed by atoms with Crippen LogP contribution in [0.1, 0.15) is 32.1 Å². The molecule has 2 nitrogen and oxygen atoms in total. The first-order chi connectivity index (χ1) is 8.09. The highest BCUT2D eigenvalue weighted by Gasteiger charge is 2.30. The Balaban J connectivity index is 1.97. The molecule has 1 N–H and O–H groups in total. The Morgan fingerprint density at radius 1 is 1.18 bits per heavy atom. The predicted molar refractivity (Wildman–Crippen MR) is 75.4 cm³/mol. The highest BCUT2D eigenvalue weighted by Crippen LogP contribution is 2.32. The van der Waals surface area contributed by atoms with Crippen LogP contribution in [0.5, 0.6) is 5.75 Å². The van der Waals surface area contributed by atoms with Crippen LogP contribution in [0.15, 0.2) is 27.1 Å². The topological polar surface area (TPSA) is 29.5 Å². The monoisotopic (exact) mass is 362 g/mol. The highest BCUT2D eigenvalue weighted by atomic mass is 79.9. The van der Waals surface area contributed by atoms with E-state index in [9.17, 15) is 5.11 Å². The van der Waals surface area contributed by atoms with E-state index < -0.39 is 5.60 Å². The molecule has 1 aliphatic carbocycles. The molecule has 1 saturated carbocycles. The van der Waals surface area contributed by atoms with Crippen LogP contribution < -0.4 is 4.74 Å². The minimum absolute atomic E-state index is 0.382. The molecule has 4 heteroatoms. The summed E-state index contributed by atoms with van der Waals surface area (Å²) >= 11 is 6.85. The van der Waals surface area contributed by atoms with E-state index >= 15 is 0 Å². The number of rotatable bonds is 3. The van der Waals surface area contributed by atoms with Gasteiger partial charge in [-0.1, -0.05) is 35.2 Å². The summed E-state index contributed by atoms with van der Waals surface area (Å²) in [6.45, 7) is 0.382. The van der Waals surface area contributed by atoms with E-state index in [0.717, 1.165) is 40.4 Å². The molecule has 0 aliphatic heterocycles. The van der Waals surface area contributed by atoms with E-state index in [-0.39, 0.29) is 0 Å². The number of ether oxygens (including phenoxy) is 1. The van der Waals surface area contributed by atoms with Gasteiger partial charge in [0.05, 0.1) is 10.1 Å². The van der Waals surface area contributed by atoms with Crippen molar-refractivity contribution in [3.63, 3.8) is 0 Å². The average molecular weight is 364 g/mol. The number of hydrogen-bond acceptors (Lipinski definition) is 2. The Morgan fingerprint density at radius 2 is 1.88 bits per heavy atom. The molecule has 2 rings (SSSR count). The van der Waals surface area contributed by atoms with E-state index in [2.05, 4.69) is 31.9 Å². The molecular formula is C13H16Br2O2. The maximum atomic E-state index is 10.3. The molecule has 0 radical (unpaired) electrons. The van der Waals surface area contributed by atoms with E-state index in [0.29, 0.717) is 6.61 Å². The van der Waals surface area contributed by atoms with E-state index in [1.165, 1.54) is 6.42 Å². The van der Waals surface area contributed by atoms with Gasteiger partial charge in [-0.2, -0.15) is 0 Å². The lowest BCUT2D eigenvalue weighted by atomic mass is 9.85. The maximum Gasteiger partial charge on any atom is 0.133 e. The zero-order valence-electron chi connectivity index (χ0n) is 9.59. The van der Waals surface area contributed by atoms with Gasteiger partial charge in [-0.25, -0.2) is 0 Å². The van der Waals surface area contributed by atoms with Crippen LogP contribution >= 0.6 is 31.9 Å². The predicted octanol–water partition coefficient (Wildman–Crippen LogP) is 4.29. The summed E-state index contributed by atoms with van der Waals surface area (Å²) in [5, 5.41) is 10.3. The molecule has 94 valence electrons. The molecular weight excluding hydrogens is 348 g/mol. The molecule has 1 aromatic carbocycles. The Kier molecular flexibility index (Phi) is 4.50. The van der Waals surface area contributed by atoms with Gasteiger partial charge in [0.2, 0.25) is 0 Å². The molecule has 0 heterocycles. The van der Waals surface area contributed by atoms with Crippen LogP contribution in [-0.2, 0) is 0 Å². The van der Waals surface area contributed by atoms with E-state index in [1.54, 1.807) is 0 Å². The van der Waals surface area contributed by atoms with E-state index in [1.807, 2.05) is 18.2 Å². The number of aliphatic hydroxyl groups is 1. The molecule has 0 amide bonds. The van der Waals surface area contributed by atoms with Gasteiger partial charge in [0, 0.05) is 4.47 Å². The van der Waals surface area contributed by atoms with Gasteiger partial charge >= 0.3 is 0 Å². The van der Waals surface area contributed by atoms with Crippen molar-refractivity contribution in [2.45, 2.75) is 37.7 Å². The normalized spacial score (nSPS) is 19.0. The standard InChI is InChI=1S/C13H16Br2O2/c14-10-4-5-12(11(15)8-10)17-9-13(16)6-2-1-3-7-13/h4-5,8,16H,1-3,6-7,9H2. The number of halogens is 2. The van der Waals surface area contributed by atoms with Gasteiger partial charge in [0.1, 0.15) is 12.4 Å². The lowest BCUT2D eigenvalue weighted by Gasteiger charge is -2.31. The Morgan fingerprint density at radius 3 is 2.53 bits per heavy atom. The average Bonchev–Trinajstić information content (AvgIpc) is 2.29. The van der Waals surface area contributed by atoms with Crippen LogP contribution in [0.4, 0.5) is 0 Å². The van der Waals surface area contributed by atoms with Crippen LogP contribution in [0.3, 0.4) is 0 Å². The number of benzene rings is 1. The smallest absolute Gasteiger partial charge is 0.133 e. The van der Waals surface area contributed by atoms with Crippen molar-refractivity contribution in [3.05, 3.63) is 27.1 Å². The van der Waals surface area contributed by atoms with Gasteiger partial charge in [0.15, 0.2) is 0 Å². The van der Waals surface area contributed by atoms with E-state index in [4.69, 9.17) is 4.74 Å². The zero-order valence-corrected chi connectivity index (χ0v) is 12.8. The van der Waals surface area contributed by atoms with Crippen LogP contribution in [-0.4, -0.2) is 17.3 Å². The molecule has 0 saturated heterocycles. The molecule has 17 heavy (non-hydrogen) atoms. The lowest BCUT2D eigenvalue weighted by Crippen LogP contribution is -2.37. The van der Waals surface area contributed by atoms with Crippen molar-refractivity contribution < 1.29 is 9.84 Å². The molecule has 1 aromatic rings. The van der Waals surface area contributed by atoms with Gasteiger partial charge in [-0.05, 0) is 47.0 Å². The SMILES string of the molecule is OC1(COc2ccc(Br)cc2Br)CCCCC1. The third kappa shape index (κ3) is 3.70. The van der Waals surface area contributed by atoms with Gasteiger partial charge in [-0.3, -0.25) is 0 Å². The molecule has 1 fully saturated rings. The van der Waals surface area contributed by atoms with Crippen molar-refractivity contribution in [1.82, 2.24) is 0 Å². The van der Waals surface area contributed by atoms with Crippen molar-refractivity contribution in [2.75, 3.05) is 6.61 Å². The van der Waals surface area contributed by atoms with Crippen molar-refractivity contribution in [1.29, 1.82) is 0 Å². The van der Waals surface area contributed by atoms with Crippen molar-refractivity contribution in [2.24, 2.45) is 0 Å². The Labute approximate surface area is 119 Å². The van der Waals surface area contributed by atoms with Crippen LogP contribution in [0, 0.1) is 0 Å². The summed E-state index contributed by atoms with van der Waals surface area (Å²) in [5.41, 5.74) is -0.634. The second-order valence-corrected chi connectivity index (χ2v) is 6.42. The maximum absolute atomic E-state index is 10.3. The molecule has 0 aromatic heterocycles. The largest absolute Gasteiger partial charge is 0.489 e. The van der Waals surface area contributed by atoms with Crippen molar-refractivity contribution >= 4 is 31.9 Å². The van der Waals surface area contributed by atoms with Gasteiger partial charge < -0.3 is 9.84 Å². The summed E-state index contributed by atoms with van der Waals surface area (Å²) in [7, 11) is 0. The first-order valence-corrected chi connectivity index (χ1v) is 7.48. The Bertz CT molecular complexity index is 387. The molecule has 1 aliphatic rings. The fraction of sp³-hybridized carbons (Fsp3) is 0.538. The fourth-order valence-electron chi connectivity index (χ4n) is 2.16. The fourth-order valence-corrected chi connectivity index (χ4v) is 3.32. The Hall–Kier alpha value is -0.0600. The molecule has 0 spiro atoms. The highest BCUT2D eigenvalue weighted by molar-refractivity contribution is 9.11. The minimum atomic E-state index is -0.634. The lowest BCUT2D eigenvalue weighted by molar-refractivity contribution is -0.0340. The molecule has 0 bridgehead atoms. The summed E-state index contributed by atoms with van der Waals surface area (Å²) in [5.74, 6) is 0.784.